The number of nitrogens with one attached hydrogen (secondary N) is 1. The zero-order chi connectivity index (χ0) is 11.4. The lowest BCUT2D eigenvalue weighted by atomic mass is 10.1. The van der Waals surface area contributed by atoms with Crippen molar-refractivity contribution in [1.82, 2.24) is 5.32 Å². The van der Waals surface area contributed by atoms with Crippen molar-refractivity contribution in [2.45, 2.75) is 26.2 Å². The van der Waals surface area contributed by atoms with Gasteiger partial charge in [-0.25, -0.2) is 0 Å². The summed E-state index contributed by atoms with van der Waals surface area (Å²) in [5.41, 5.74) is 2.73. The van der Waals surface area contributed by atoms with E-state index in [4.69, 9.17) is 5.26 Å². The molecule has 2 heteroatoms. The van der Waals surface area contributed by atoms with Crippen LogP contribution in [0.1, 0.15) is 24.0 Å². The number of hydrogen-bond acceptors (Lipinski definition) is 2. The molecule has 1 aliphatic carbocycles. The van der Waals surface area contributed by atoms with Gasteiger partial charge in [0.05, 0.1) is 11.5 Å². The molecule has 1 aromatic carbocycles. The first-order valence-corrected chi connectivity index (χ1v) is 5.92. The highest BCUT2D eigenvalue weighted by molar-refractivity contribution is 5.25. The summed E-state index contributed by atoms with van der Waals surface area (Å²) in [4.78, 5) is 0. The average molecular weight is 214 g/mol. The molecule has 1 N–H and O–H groups in total. The summed E-state index contributed by atoms with van der Waals surface area (Å²) in [6.07, 6.45) is 3.19. The van der Waals surface area contributed by atoms with Gasteiger partial charge in [-0.05, 0) is 43.9 Å². The van der Waals surface area contributed by atoms with Crippen LogP contribution in [0.2, 0.25) is 0 Å². The topological polar surface area (TPSA) is 35.8 Å². The molecule has 0 radical (unpaired) electrons. The van der Waals surface area contributed by atoms with Crippen LogP contribution in [0.4, 0.5) is 0 Å². The van der Waals surface area contributed by atoms with Gasteiger partial charge in [-0.1, -0.05) is 24.3 Å². The first-order valence-electron chi connectivity index (χ1n) is 5.92. The maximum absolute atomic E-state index is 8.93. The van der Waals surface area contributed by atoms with Gasteiger partial charge in [0, 0.05) is 6.54 Å². The largest absolute Gasteiger partial charge is 0.315 e. The highest BCUT2D eigenvalue weighted by Gasteiger charge is 2.42. The fourth-order valence-electron chi connectivity index (χ4n) is 1.92. The van der Waals surface area contributed by atoms with Crippen LogP contribution in [0.15, 0.2) is 24.3 Å². The minimum atomic E-state index is -0.0221. The van der Waals surface area contributed by atoms with Crippen molar-refractivity contribution < 1.29 is 0 Å². The van der Waals surface area contributed by atoms with Gasteiger partial charge < -0.3 is 5.32 Å². The first-order chi connectivity index (χ1) is 7.76. The molecule has 0 bridgehead atoms. The summed E-state index contributed by atoms with van der Waals surface area (Å²) in [6.45, 7) is 3.97. The lowest BCUT2D eigenvalue weighted by molar-refractivity contribution is 0.560. The van der Waals surface area contributed by atoms with Gasteiger partial charge in [0.2, 0.25) is 0 Å². The van der Waals surface area contributed by atoms with E-state index in [1.807, 2.05) is 0 Å². The molecule has 0 atom stereocenters. The van der Waals surface area contributed by atoms with Gasteiger partial charge in [0.25, 0.3) is 0 Å². The van der Waals surface area contributed by atoms with E-state index >= 15 is 0 Å². The van der Waals surface area contributed by atoms with Crippen LogP contribution in [-0.2, 0) is 6.42 Å². The molecule has 1 saturated carbocycles. The molecule has 0 unspecified atom stereocenters. The number of rotatable bonds is 5. The molecule has 0 aromatic heterocycles. The standard InChI is InChI=1S/C14H18N2/c1-12-4-2-3-5-13(12)6-9-16-11-14(10-15)7-8-14/h2-5,16H,6-9,11H2,1H3. The van der Waals surface area contributed by atoms with Crippen molar-refractivity contribution in [2.24, 2.45) is 5.41 Å². The number of benzene rings is 1. The predicted octanol–water partition coefficient (Wildman–Crippen LogP) is 2.43. The molecule has 2 rings (SSSR count). The smallest absolute Gasteiger partial charge is 0.0703 e. The SMILES string of the molecule is Cc1ccccc1CCNCC1(C#N)CC1. The van der Waals surface area contributed by atoms with Gasteiger partial charge in [0.1, 0.15) is 0 Å². The van der Waals surface area contributed by atoms with Crippen LogP contribution < -0.4 is 5.32 Å². The Morgan fingerprint density at radius 1 is 1.38 bits per heavy atom. The fraction of sp³-hybridized carbons (Fsp3) is 0.500. The third-order valence-corrected chi connectivity index (χ3v) is 3.39. The lowest BCUT2D eigenvalue weighted by Crippen LogP contribution is -2.25. The maximum Gasteiger partial charge on any atom is 0.0703 e. The summed E-state index contributed by atoms with van der Waals surface area (Å²) < 4.78 is 0. The fourth-order valence-corrected chi connectivity index (χ4v) is 1.92. The molecular weight excluding hydrogens is 196 g/mol. The Morgan fingerprint density at radius 2 is 2.12 bits per heavy atom. The van der Waals surface area contributed by atoms with Crippen LogP contribution in [0.3, 0.4) is 0 Å². The molecular formula is C14H18N2. The van der Waals surface area contributed by atoms with E-state index < -0.39 is 0 Å². The van der Waals surface area contributed by atoms with Crippen molar-refractivity contribution in [2.75, 3.05) is 13.1 Å². The second kappa shape index (κ2) is 4.67. The number of nitrogens with zero attached hydrogens (tertiary/aromatic N) is 1. The van der Waals surface area contributed by atoms with E-state index in [1.54, 1.807) is 0 Å². The van der Waals surface area contributed by atoms with E-state index in [1.165, 1.54) is 11.1 Å². The van der Waals surface area contributed by atoms with Crippen LogP contribution in [0, 0.1) is 23.7 Å². The highest BCUT2D eigenvalue weighted by atomic mass is 14.9. The summed E-state index contributed by atoms with van der Waals surface area (Å²) in [5.74, 6) is 0. The quantitative estimate of drug-likeness (QED) is 0.764. The molecule has 0 amide bonds. The number of aryl methyl sites for hydroxylation is 1. The summed E-state index contributed by atoms with van der Waals surface area (Å²) in [5, 5.41) is 12.3. The minimum absolute atomic E-state index is 0.0221. The summed E-state index contributed by atoms with van der Waals surface area (Å²) in [6, 6.07) is 10.9. The normalized spacial score (nSPS) is 16.8. The average Bonchev–Trinajstić information content (AvgIpc) is 3.07. The number of nitriles is 1. The minimum Gasteiger partial charge on any atom is -0.315 e. The van der Waals surface area contributed by atoms with E-state index in [9.17, 15) is 0 Å². The Kier molecular flexibility index (Phi) is 3.26. The van der Waals surface area contributed by atoms with Gasteiger partial charge in [-0.3, -0.25) is 0 Å². The Bertz CT molecular complexity index is 399. The molecule has 1 aliphatic rings. The highest BCUT2D eigenvalue weighted by Crippen LogP contribution is 2.43. The van der Waals surface area contributed by atoms with E-state index in [-0.39, 0.29) is 5.41 Å². The van der Waals surface area contributed by atoms with Crippen LogP contribution in [0.25, 0.3) is 0 Å². The van der Waals surface area contributed by atoms with Crippen molar-refractivity contribution in [3.05, 3.63) is 35.4 Å². The lowest BCUT2D eigenvalue weighted by Gasteiger charge is -2.09. The Morgan fingerprint density at radius 3 is 2.75 bits per heavy atom. The summed E-state index contributed by atoms with van der Waals surface area (Å²) in [7, 11) is 0. The van der Waals surface area contributed by atoms with Crippen molar-refractivity contribution in [3.8, 4) is 6.07 Å². The molecule has 16 heavy (non-hydrogen) atoms. The van der Waals surface area contributed by atoms with Crippen molar-refractivity contribution >= 4 is 0 Å². The second-order valence-electron chi connectivity index (χ2n) is 4.75. The van der Waals surface area contributed by atoms with E-state index in [0.717, 1.165) is 32.4 Å². The van der Waals surface area contributed by atoms with E-state index in [2.05, 4.69) is 42.6 Å². The third kappa shape index (κ3) is 2.62. The molecule has 0 saturated heterocycles. The predicted molar refractivity (Wildman–Crippen MR) is 65.0 cm³/mol. The Balaban J connectivity index is 1.73. The Hall–Kier alpha value is -1.33. The molecule has 0 aliphatic heterocycles. The second-order valence-corrected chi connectivity index (χ2v) is 4.75. The molecule has 0 spiro atoms. The molecule has 1 fully saturated rings. The van der Waals surface area contributed by atoms with Crippen molar-refractivity contribution in [3.63, 3.8) is 0 Å². The number of hydrogen-bond donors (Lipinski definition) is 1. The van der Waals surface area contributed by atoms with Gasteiger partial charge in [0.15, 0.2) is 0 Å². The molecule has 1 aromatic rings. The van der Waals surface area contributed by atoms with Gasteiger partial charge >= 0.3 is 0 Å². The maximum atomic E-state index is 8.93. The van der Waals surface area contributed by atoms with Crippen LogP contribution in [0.5, 0.6) is 0 Å². The van der Waals surface area contributed by atoms with Crippen molar-refractivity contribution in [1.29, 1.82) is 5.26 Å². The van der Waals surface area contributed by atoms with Gasteiger partial charge in [-0.15, -0.1) is 0 Å². The van der Waals surface area contributed by atoms with Crippen LogP contribution in [-0.4, -0.2) is 13.1 Å². The Labute approximate surface area is 97.3 Å². The summed E-state index contributed by atoms with van der Waals surface area (Å²) >= 11 is 0. The molecule has 2 nitrogen and oxygen atoms in total. The third-order valence-electron chi connectivity index (χ3n) is 3.39. The monoisotopic (exact) mass is 214 g/mol. The zero-order valence-electron chi connectivity index (χ0n) is 9.79. The zero-order valence-corrected chi connectivity index (χ0v) is 9.79. The van der Waals surface area contributed by atoms with Crippen LogP contribution >= 0.6 is 0 Å². The van der Waals surface area contributed by atoms with E-state index in [0.29, 0.717) is 0 Å². The first kappa shape index (κ1) is 11.2. The van der Waals surface area contributed by atoms with Gasteiger partial charge in [-0.2, -0.15) is 5.26 Å². The molecule has 84 valence electrons. The molecule has 0 heterocycles.